The molecule has 45 heavy (non-hydrogen) atoms. The fourth-order valence-corrected chi connectivity index (χ4v) is 8.70. The lowest BCUT2D eigenvalue weighted by atomic mass is 9.49. The van der Waals surface area contributed by atoms with Gasteiger partial charge in [0, 0.05) is 32.4 Å². The van der Waals surface area contributed by atoms with Gasteiger partial charge in [0.05, 0.1) is 11.4 Å². The molecular formula is C35H36F2N4O4. The lowest BCUT2D eigenvalue weighted by Crippen LogP contribution is -2.62. The first kappa shape index (κ1) is 29.4. The van der Waals surface area contributed by atoms with Gasteiger partial charge < -0.3 is 9.64 Å². The van der Waals surface area contributed by atoms with Crippen LogP contribution in [-0.4, -0.2) is 54.6 Å². The Hall–Kier alpha value is -4.31. The van der Waals surface area contributed by atoms with Crippen LogP contribution in [-0.2, 0) is 9.59 Å². The molecule has 10 heteroatoms. The fourth-order valence-electron chi connectivity index (χ4n) is 8.70. The predicted molar refractivity (Wildman–Crippen MR) is 165 cm³/mol. The van der Waals surface area contributed by atoms with Crippen molar-refractivity contribution in [2.75, 3.05) is 30.4 Å². The number of hydrogen-bond acceptors (Lipinski definition) is 5. The van der Waals surface area contributed by atoms with Crippen molar-refractivity contribution in [2.45, 2.75) is 44.6 Å². The Kier molecular flexibility index (Phi) is 7.35. The number of carbonyl (C=O) groups is 3. The van der Waals surface area contributed by atoms with Gasteiger partial charge in [-0.3, -0.25) is 14.5 Å². The summed E-state index contributed by atoms with van der Waals surface area (Å²) in [5.74, 6) is -0.429. The van der Waals surface area contributed by atoms with Gasteiger partial charge in [-0.2, -0.15) is 0 Å². The van der Waals surface area contributed by atoms with Crippen molar-refractivity contribution in [1.82, 2.24) is 10.0 Å². The lowest BCUT2D eigenvalue weighted by molar-refractivity contribution is -0.139. The average molecular weight is 615 g/mol. The number of benzene rings is 3. The third kappa shape index (κ3) is 5.35. The summed E-state index contributed by atoms with van der Waals surface area (Å²) in [6, 6.07) is 15.9. The summed E-state index contributed by atoms with van der Waals surface area (Å²) in [7, 11) is 3.10. The molecule has 1 atom stereocenters. The number of hydrogen-bond donors (Lipinski definition) is 0. The molecule has 4 saturated carbocycles. The van der Waals surface area contributed by atoms with E-state index in [1.807, 2.05) is 0 Å². The minimum absolute atomic E-state index is 0.137. The largest absolute Gasteiger partial charge is 0.431 e. The summed E-state index contributed by atoms with van der Waals surface area (Å²) >= 11 is 0. The number of fused-ring (bicyclic) bond motifs is 1. The van der Waals surface area contributed by atoms with Gasteiger partial charge in [-0.25, -0.2) is 23.6 Å². The van der Waals surface area contributed by atoms with Gasteiger partial charge in [0.15, 0.2) is 0 Å². The Morgan fingerprint density at radius 3 is 2.02 bits per heavy atom. The van der Waals surface area contributed by atoms with Crippen LogP contribution in [0.15, 0.2) is 72.8 Å². The van der Waals surface area contributed by atoms with Crippen LogP contribution < -0.4 is 14.5 Å². The molecule has 1 heterocycles. The van der Waals surface area contributed by atoms with Crippen molar-refractivity contribution in [3.05, 3.63) is 84.4 Å². The molecule has 3 aromatic rings. The standard InChI is InChI=1S/C35H36F2N4O4/c1-38(2)41(34(44)45-28-6-4-3-5-7-28)31-32(42)39(21-35-18-22-14-23(19-35)16-24(15-22)20-35)29-13-10-26(37)17-30(29)40(33(31)43)27-11-8-25(36)9-12-27/h3-13,17,22-24,31H,14-16,18-21H2,1-2H3. The topological polar surface area (TPSA) is 73.4 Å². The van der Waals surface area contributed by atoms with E-state index in [2.05, 4.69) is 0 Å². The summed E-state index contributed by atoms with van der Waals surface area (Å²) in [6.45, 7) is 0.351. The average Bonchev–Trinajstić information content (AvgIpc) is 3.06. The highest BCUT2D eigenvalue weighted by molar-refractivity contribution is 6.23. The fraction of sp³-hybridized carbons (Fsp3) is 0.400. The van der Waals surface area contributed by atoms with Crippen LogP contribution in [0.3, 0.4) is 0 Å². The maximum atomic E-state index is 15.0. The van der Waals surface area contributed by atoms with Gasteiger partial charge in [0.25, 0.3) is 11.8 Å². The normalized spacial score (nSPS) is 27.0. The summed E-state index contributed by atoms with van der Waals surface area (Å²) in [4.78, 5) is 46.2. The van der Waals surface area contributed by atoms with Crippen LogP contribution in [0.5, 0.6) is 5.75 Å². The molecule has 0 radical (unpaired) electrons. The van der Waals surface area contributed by atoms with Crippen LogP contribution in [0.1, 0.15) is 38.5 Å². The number of para-hydroxylation sites is 1. The van der Waals surface area contributed by atoms with Gasteiger partial charge in [0.1, 0.15) is 17.4 Å². The Balaban J connectivity index is 1.36. The first-order chi connectivity index (χ1) is 21.6. The molecule has 1 aliphatic heterocycles. The van der Waals surface area contributed by atoms with Gasteiger partial charge in [-0.05, 0) is 110 Å². The second-order valence-corrected chi connectivity index (χ2v) is 13.4. The number of anilines is 3. The first-order valence-electron chi connectivity index (χ1n) is 15.5. The van der Waals surface area contributed by atoms with Crippen molar-refractivity contribution >= 4 is 35.0 Å². The van der Waals surface area contributed by atoms with Crippen molar-refractivity contribution in [3.8, 4) is 5.75 Å². The molecule has 8 rings (SSSR count). The van der Waals surface area contributed by atoms with E-state index in [1.165, 1.54) is 71.6 Å². The molecule has 1 unspecified atom stereocenters. The Morgan fingerprint density at radius 1 is 0.822 bits per heavy atom. The van der Waals surface area contributed by atoms with Gasteiger partial charge >= 0.3 is 6.09 Å². The number of hydrazine groups is 1. The SMILES string of the molecule is CN(C)N(C(=O)Oc1ccccc1)C1C(=O)N(CC23CC4CC(CC(C4)C2)C3)c2ccc(F)cc2N(c2ccc(F)cc2)C1=O. The van der Waals surface area contributed by atoms with E-state index in [-0.39, 0.29) is 22.5 Å². The van der Waals surface area contributed by atoms with Gasteiger partial charge in [-0.1, -0.05) is 18.2 Å². The second kappa shape index (κ2) is 11.2. The molecule has 0 spiro atoms. The monoisotopic (exact) mass is 614 g/mol. The third-order valence-electron chi connectivity index (χ3n) is 9.98. The van der Waals surface area contributed by atoms with E-state index in [4.69, 9.17) is 4.74 Å². The van der Waals surface area contributed by atoms with E-state index >= 15 is 4.39 Å². The van der Waals surface area contributed by atoms with E-state index in [1.54, 1.807) is 49.3 Å². The number of amides is 3. The van der Waals surface area contributed by atoms with E-state index in [0.29, 0.717) is 30.0 Å². The van der Waals surface area contributed by atoms with Crippen molar-refractivity contribution in [1.29, 1.82) is 0 Å². The van der Waals surface area contributed by atoms with E-state index < -0.39 is 35.6 Å². The van der Waals surface area contributed by atoms with Crippen LogP contribution in [0.4, 0.5) is 30.6 Å². The Bertz CT molecular complexity index is 1600. The third-order valence-corrected chi connectivity index (χ3v) is 9.98. The highest BCUT2D eigenvalue weighted by Gasteiger charge is 2.54. The molecule has 5 aliphatic rings. The molecule has 3 aromatic carbocycles. The molecule has 0 aromatic heterocycles. The molecule has 0 saturated heterocycles. The quantitative estimate of drug-likeness (QED) is 0.233. The number of ether oxygens (including phenoxy) is 1. The number of halogens is 2. The molecular weight excluding hydrogens is 578 g/mol. The predicted octanol–water partition coefficient (Wildman–Crippen LogP) is 6.54. The molecule has 4 bridgehead atoms. The molecule has 8 nitrogen and oxygen atoms in total. The van der Waals surface area contributed by atoms with Crippen LogP contribution >= 0.6 is 0 Å². The van der Waals surface area contributed by atoms with Crippen LogP contribution in [0.2, 0.25) is 0 Å². The highest BCUT2D eigenvalue weighted by atomic mass is 19.1. The first-order valence-corrected chi connectivity index (χ1v) is 15.5. The highest BCUT2D eigenvalue weighted by Crippen LogP contribution is 2.60. The Morgan fingerprint density at radius 2 is 1.42 bits per heavy atom. The molecule has 234 valence electrons. The van der Waals surface area contributed by atoms with Crippen LogP contribution in [0.25, 0.3) is 0 Å². The molecule has 3 amide bonds. The maximum absolute atomic E-state index is 15.0. The minimum Gasteiger partial charge on any atom is -0.409 e. The van der Waals surface area contributed by atoms with Gasteiger partial charge in [0.2, 0.25) is 6.04 Å². The van der Waals surface area contributed by atoms with E-state index in [0.717, 1.165) is 24.3 Å². The molecule has 0 N–H and O–H groups in total. The minimum atomic E-state index is -1.69. The van der Waals surface area contributed by atoms with Crippen molar-refractivity contribution in [3.63, 3.8) is 0 Å². The zero-order chi connectivity index (χ0) is 31.5. The zero-order valence-electron chi connectivity index (χ0n) is 25.4. The summed E-state index contributed by atoms with van der Waals surface area (Å²) in [6.07, 6.45) is 5.70. The van der Waals surface area contributed by atoms with E-state index in [9.17, 15) is 18.8 Å². The second-order valence-electron chi connectivity index (χ2n) is 13.4. The molecule has 4 fully saturated rings. The smallest absolute Gasteiger partial charge is 0.409 e. The maximum Gasteiger partial charge on any atom is 0.431 e. The van der Waals surface area contributed by atoms with Crippen LogP contribution in [0, 0.1) is 34.8 Å². The van der Waals surface area contributed by atoms with Crippen molar-refractivity contribution < 1.29 is 27.9 Å². The summed E-state index contributed by atoms with van der Waals surface area (Å²) in [5.41, 5.74) is 0.620. The van der Waals surface area contributed by atoms with Crippen molar-refractivity contribution in [2.24, 2.45) is 23.2 Å². The molecule has 4 aliphatic carbocycles. The number of nitrogens with zero attached hydrogens (tertiary/aromatic N) is 4. The van der Waals surface area contributed by atoms with Gasteiger partial charge in [-0.15, -0.1) is 0 Å². The Labute approximate surface area is 261 Å². The number of rotatable bonds is 6. The number of carbonyl (C=O) groups excluding carboxylic acids is 3. The lowest BCUT2D eigenvalue weighted by Gasteiger charge is -2.57. The summed E-state index contributed by atoms with van der Waals surface area (Å²) < 4.78 is 34.7. The zero-order valence-corrected chi connectivity index (χ0v) is 25.4. The summed E-state index contributed by atoms with van der Waals surface area (Å²) in [5, 5.41) is 2.36.